The van der Waals surface area contributed by atoms with E-state index in [0.717, 1.165) is 30.7 Å². The molecule has 1 atom stereocenters. The van der Waals surface area contributed by atoms with Crippen LogP contribution in [0.5, 0.6) is 0 Å². The molecule has 2 rings (SSSR count). The third kappa shape index (κ3) is 3.25. The molecule has 0 radical (unpaired) electrons. The average molecular weight is 275 g/mol. The van der Waals surface area contributed by atoms with Crippen molar-refractivity contribution in [3.8, 4) is 5.69 Å². The normalized spacial score (nSPS) is 12.6. The molecule has 20 heavy (non-hydrogen) atoms. The fourth-order valence-corrected chi connectivity index (χ4v) is 2.28. The zero-order valence-electron chi connectivity index (χ0n) is 12.1. The van der Waals surface area contributed by atoms with Crippen LogP contribution in [0.2, 0.25) is 0 Å². The minimum atomic E-state index is -0.221. The average Bonchev–Trinajstić information content (AvgIpc) is 2.87. The number of halogens is 1. The van der Waals surface area contributed by atoms with Crippen molar-refractivity contribution in [2.45, 2.75) is 45.6 Å². The van der Waals surface area contributed by atoms with E-state index >= 15 is 0 Å². The van der Waals surface area contributed by atoms with Crippen LogP contribution in [0.3, 0.4) is 0 Å². The molecule has 4 heteroatoms. The molecule has 1 unspecified atom stereocenters. The van der Waals surface area contributed by atoms with Gasteiger partial charge in [-0.05, 0) is 37.0 Å². The molecular weight excluding hydrogens is 253 g/mol. The number of benzene rings is 1. The largest absolute Gasteiger partial charge is 0.327 e. The van der Waals surface area contributed by atoms with Crippen molar-refractivity contribution in [1.82, 2.24) is 9.55 Å². The lowest BCUT2D eigenvalue weighted by Gasteiger charge is -2.12. The monoisotopic (exact) mass is 275 g/mol. The van der Waals surface area contributed by atoms with Crippen LogP contribution >= 0.6 is 0 Å². The predicted molar refractivity (Wildman–Crippen MR) is 79.5 cm³/mol. The maximum Gasteiger partial charge on any atom is 0.147 e. The van der Waals surface area contributed by atoms with Gasteiger partial charge in [0.05, 0.1) is 5.69 Å². The Bertz CT molecular complexity index is 563. The highest BCUT2D eigenvalue weighted by Gasteiger charge is 2.10. The van der Waals surface area contributed by atoms with Gasteiger partial charge in [0, 0.05) is 24.9 Å². The van der Waals surface area contributed by atoms with Gasteiger partial charge in [-0.25, -0.2) is 9.37 Å². The van der Waals surface area contributed by atoms with Crippen LogP contribution in [-0.4, -0.2) is 15.6 Å². The van der Waals surface area contributed by atoms with Crippen molar-refractivity contribution in [2.75, 3.05) is 0 Å². The number of aryl methyl sites for hydroxylation is 1. The summed E-state index contributed by atoms with van der Waals surface area (Å²) in [5.41, 5.74) is 7.41. The minimum Gasteiger partial charge on any atom is -0.327 e. The number of hydrogen-bond acceptors (Lipinski definition) is 2. The maximum absolute atomic E-state index is 14.3. The SMILES string of the molecule is CCCc1nccn1-c1ccc(CC(N)CC)cc1F. The molecule has 0 fully saturated rings. The highest BCUT2D eigenvalue weighted by atomic mass is 19.1. The molecule has 3 nitrogen and oxygen atoms in total. The van der Waals surface area contributed by atoms with Gasteiger partial charge < -0.3 is 10.3 Å². The van der Waals surface area contributed by atoms with Gasteiger partial charge >= 0.3 is 0 Å². The Hall–Kier alpha value is -1.68. The molecule has 0 aliphatic rings. The first-order valence-corrected chi connectivity index (χ1v) is 7.22. The van der Waals surface area contributed by atoms with Crippen LogP contribution in [0, 0.1) is 5.82 Å². The summed E-state index contributed by atoms with van der Waals surface area (Å²) < 4.78 is 16.1. The molecule has 0 spiro atoms. The summed E-state index contributed by atoms with van der Waals surface area (Å²) in [6, 6.07) is 5.43. The number of aromatic nitrogens is 2. The first kappa shape index (κ1) is 14.7. The van der Waals surface area contributed by atoms with E-state index in [2.05, 4.69) is 11.9 Å². The second kappa shape index (κ2) is 6.66. The standard InChI is InChI=1S/C16H22FN3/c1-3-5-16-19-8-9-20(16)15-7-6-12(11-14(15)17)10-13(18)4-2/h6-9,11,13H,3-5,10,18H2,1-2H3. The first-order chi connectivity index (χ1) is 9.65. The van der Waals surface area contributed by atoms with Crippen molar-refractivity contribution in [3.63, 3.8) is 0 Å². The van der Waals surface area contributed by atoms with Crippen LogP contribution in [0.25, 0.3) is 5.69 Å². The van der Waals surface area contributed by atoms with Gasteiger partial charge in [0.15, 0.2) is 0 Å². The summed E-state index contributed by atoms with van der Waals surface area (Å²) in [6.45, 7) is 4.13. The summed E-state index contributed by atoms with van der Waals surface area (Å²) in [4.78, 5) is 4.28. The molecule has 2 aromatic rings. The molecule has 0 bridgehead atoms. The van der Waals surface area contributed by atoms with Crippen molar-refractivity contribution in [1.29, 1.82) is 0 Å². The minimum absolute atomic E-state index is 0.0872. The Morgan fingerprint density at radius 2 is 2.15 bits per heavy atom. The van der Waals surface area contributed by atoms with Gasteiger partial charge in [0.25, 0.3) is 0 Å². The Balaban J connectivity index is 2.27. The Kier molecular flexibility index (Phi) is 4.90. The molecule has 2 N–H and O–H groups in total. The molecule has 108 valence electrons. The van der Waals surface area contributed by atoms with Gasteiger partial charge in [0.1, 0.15) is 11.6 Å². The summed E-state index contributed by atoms with van der Waals surface area (Å²) in [5, 5.41) is 0. The van der Waals surface area contributed by atoms with Gasteiger partial charge in [-0.1, -0.05) is 19.9 Å². The molecule has 1 aromatic carbocycles. The van der Waals surface area contributed by atoms with Crippen molar-refractivity contribution in [2.24, 2.45) is 5.73 Å². The van der Waals surface area contributed by atoms with E-state index in [9.17, 15) is 4.39 Å². The van der Waals surface area contributed by atoms with Crippen molar-refractivity contribution < 1.29 is 4.39 Å². The molecule has 1 heterocycles. The van der Waals surface area contributed by atoms with Crippen LogP contribution in [-0.2, 0) is 12.8 Å². The van der Waals surface area contributed by atoms with Crippen LogP contribution in [0.1, 0.15) is 38.1 Å². The molecule has 0 saturated heterocycles. The van der Waals surface area contributed by atoms with Gasteiger partial charge in [0.2, 0.25) is 0 Å². The zero-order chi connectivity index (χ0) is 14.5. The molecule has 0 saturated carbocycles. The van der Waals surface area contributed by atoms with E-state index in [4.69, 9.17) is 5.73 Å². The van der Waals surface area contributed by atoms with E-state index in [-0.39, 0.29) is 11.9 Å². The molecule has 0 aliphatic heterocycles. The molecule has 0 aliphatic carbocycles. The number of nitrogens with zero attached hydrogens (tertiary/aromatic N) is 2. The lowest BCUT2D eigenvalue weighted by atomic mass is 10.0. The number of rotatable bonds is 6. The quantitative estimate of drug-likeness (QED) is 0.879. The van der Waals surface area contributed by atoms with Crippen LogP contribution in [0.15, 0.2) is 30.6 Å². The predicted octanol–water partition coefficient (Wildman–Crippen LogP) is 3.24. The zero-order valence-corrected chi connectivity index (χ0v) is 12.1. The van der Waals surface area contributed by atoms with E-state index in [1.807, 2.05) is 23.6 Å². The van der Waals surface area contributed by atoms with Gasteiger partial charge in [-0.2, -0.15) is 0 Å². The third-order valence-electron chi connectivity index (χ3n) is 3.48. The van der Waals surface area contributed by atoms with Crippen molar-refractivity contribution >= 4 is 0 Å². The van der Waals surface area contributed by atoms with E-state index in [1.54, 1.807) is 18.5 Å². The lowest BCUT2D eigenvalue weighted by Crippen LogP contribution is -2.21. The summed E-state index contributed by atoms with van der Waals surface area (Å²) >= 11 is 0. The van der Waals surface area contributed by atoms with Gasteiger partial charge in [-0.15, -0.1) is 0 Å². The van der Waals surface area contributed by atoms with Crippen LogP contribution in [0.4, 0.5) is 4.39 Å². The topological polar surface area (TPSA) is 43.8 Å². The highest BCUT2D eigenvalue weighted by molar-refractivity contribution is 5.38. The van der Waals surface area contributed by atoms with Gasteiger partial charge in [-0.3, -0.25) is 0 Å². The van der Waals surface area contributed by atoms with E-state index in [1.165, 1.54) is 0 Å². The number of nitrogens with two attached hydrogens (primary N) is 1. The highest BCUT2D eigenvalue weighted by Crippen LogP contribution is 2.18. The molecular formula is C16H22FN3. The summed E-state index contributed by atoms with van der Waals surface area (Å²) in [6.07, 6.45) is 6.95. The Morgan fingerprint density at radius 1 is 1.35 bits per heavy atom. The third-order valence-corrected chi connectivity index (χ3v) is 3.48. The first-order valence-electron chi connectivity index (χ1n) is 7.22. The second-order valence-electron chi connectivity index (χ2n) is 5.12. The van der Waals surface area contributed by atoms with Crippen LogP contribution < -0.4 is 5.73 Å². The second-order valence-corrected chi connectivity index (χ2v) is 5.12. The van der Waals surface area contributed by atoms with E-state index in [0.29, 0.717) is 12.1 Å². The van der Waals surface area contributed by atoms with Crippen molar-refractivity contribution in [3.05, 3.63) is 47.8 Å². The molecule has 1 aromatic heterocycles. The maximum atomic E-state index is 14.3. The fraction of sp³-hybridized carbons (Fsp3) is 0.438. The molecule has 0 amide bonds. The smallest absolute Gasteiger partial charge is 0.147 e. The number of hydrogen-bond donors (Lipinski definition) is 1. The summed E-state index contributed by atoms with van der Waals surface area (Å²) in [5.74, 6) is 0.672. The van der Waals surface area contributed by atoms with E-state index < -0.39 is 0 Å². The number of imidazole rings is 1. The summed E-state index contributed by atoms with van der Waals surface area (Å²) in [7, 11) is 0. The Morgan fingerprint density at radius 3 is 2.80 bits per heavy atom. The fourth-order valence-electron chi connectivity index (χ4n) is 2.28. The lowest BCUT2D eigenvalue weighted by molar-refractivity contribution is 0.604. The Labute approximate surface area is 119 Å².